The fourth-order valence-corrected chi connectivity index (χ4v) is 2.57. The van der Waals surface area contributed by atoms with E-state index in [0.29, 0.717) is 16.4 Å². The third-order valence-corrected chi connectivity index (χ3v) is 4.63. The Morgan fingerprint density at radius 2 is 2.35 bits per heavy atom. The van der Waals surface area contributed by atoms with Crippen LogP contribution in [0, 0.1) is 0 Å². The minimum atomic E-state index is 0.402. The predicted octanol–water partition coefficient (Wildman–Crippen LogP) is 2.72. The van der Waals surface area contributed by atoms with Gasteiger partial charge in [-0.25, -0.2) is 0 Å². The van der Waals surface area contributed by atoms with Crippen LogP contribution in [0.5, 0.6) is 0 Å². The van der Waals surface area contributed by atoms with Crippen molar-refractivity contribution in [1.82, 2.24) is 4.98 Å². The zero-order valence-electron chi connectivity index (χ0n) is 9.69. The van der Waals surface area contributed by atoms with Crippen LogP contribution in [0.2, 0.25) is 0 Å². The number of oxazole rings is 1. The molecule has 0 unspecified atom stereocenters. The first-order valence-electron chi connectivity index (χ1n) is 5.66. The molecule has 1 aromatic heterocycles. The molecule has 1 aliphatic carbocycles. The van der Waals surface area contributed by atoms with E-state index in [0.717, 1.165) is 17.6 Å². The van der Waals surface area contributed by atoms with Gasteiger partial charge in [0.1, 0.15) is 5.52 Å². The van der Waals surface area contributed by atoms with Crippen molar-refractivity contribution >= 4 is 34.6 Å². The number of thioether (sulfide) groups is 1. The molecule has 0 saturated heterocycles. The Labute approximate surface area is 104 Å². The fraction of sp³-hybridized carbons (Fsp3) is 0.417. The molecule has 2 aromatic rings. The summed E-state index contributed by atoms with van der Waals surface area (Å²) in [7, 11) is 0. The van der Waals surface area contributed by atoms with E-state index in [1.807, 2.05) is 23.9 Å². The Bertz CT molecular complexity index is 548. The van der Waals surface area contributed by atoms with E-state index in [4.69, 9.17) is 10.2 Å². The normalized spacial score (nSPS) is 17.2. The number of hydrogen-bond donors (Lipinski definition) is 2. The highest BCUT2D eigenvalue weighted by molar-refractivity contribution is 8.00. The topological polar surface area (TPSA) is 64.1 Å². The molecule has 0 atom stereocenters. The number of rotatable bonds is 4. The number of nitrogens with one attached hydrogen (secondary N) is 1. The number of nitrogens with two attached hydrogens (primary N) is 1. The first-order valence-corrected chi connectivity index (χ1v) is 6.88. The molecule has 3 rings (SSSR count). The molecule has 4 nitrogen and oxygen atoms in total. The number of hydrogen-bond acceptors (Lipinski definition) is 5. The van der Waals surface area contributed by atoms with Gasteiger partial charge >= 0.3 is 0 Å². The van der Waals surface area contributed by atoms with Gasteiger partial charge in [0.2, 0.25) is 0 Å². The second kappa shape index (κ2) is 3.84. The molecule has 3 N–H and O–H groups in total. The third kappa shape index (κ3) is 2.07. The van der Waals surface area contributed by atoms with Crippen LogP contribution in [0.1, 0.15) is 12.8 Å². The minimum absolute atomic E-state index is 0.402. The van der Waals surface area contributed by atoms with Crippen molar-refractivity contribution < 1.29 is 4.42 Å². The van der Waals surface area contributed by atoms with E-state index in [-0.39, 0.29) is 0 Å². The van der Waals surface area contributed by atoms with Gasteiger partial charge < -0.3 is 15.5 Å². The second-order valence-electron chi connectivity index (χ2n) is 4.49. The Morgan fingerprint density at radius 1 is 1.53 bits per heavy atom. The molecule has 1 heterocycles. The molecule has 90 valence electrons. The van der Waals surface area contributed by atoms with Gasteiger partial charge in [-0.15, -0.1) is 0 Å². The molecule has 0 bridgehead atoms. The summed E-state index contributed by atoms with van der Waals surface area (Å²) >= 11 is 1.91. The average molecular weight is 249 g/mol. The van der Waals surface area contributed by atoms with Crippen LogP contribution in [0.15, 0.2) is 22.6 Å². The third-order valence-electron chi connectivity index (χ3n) is 3.21. The van der Waals surface area contributed by atoms with Crippen LogP contribution < -0.4 is 11.1 Å². The molecule has 0 aliphatic heterocycles. The second-order valence-corrected chi connectivity index (χ2v) is 5.76. The minimum Gasteiger partial charge on any atom is -0.423 e. The summed E-state index contributed by atoms with van der Waals surface area (Å²) in [6, 6.07) is 6.10. The lowest BCUT2D eigenvalue weighted by Gasteiger charge is -2.10. The molecule has 5 heteroatoms. The maximum Gasteiger partial charge on any atom is 0.295 e. The molecule has 0 spiro atoms. The zero-order valence-corrected chi connectivity index (χ0v) is 10.5. The molecule has 17 heavy (non-hydrogen) atoms. The number of nitrogen functional groups attached to an aromatic ring is 1. The Hall–Kier alpha value is -1.36. The fourth-order valence-electron chi connectivity index (χ4n) is 1.85. The summed E-state index contributed by atoms with van der Waals surface area (Å²) in [6.45, 7) is 0.913. The van der Waals surface area contributed by atoms with Crippen LogP contribution in [-0.2, 0) is 0 Å². The molecule has 1 saturated carbocycles. The number of aromatic nitrogens is 1. The van der Waals surface area contributed by atoms with Crippen LogP contribution in [-0.4, -0.2) is 22.5 Å². The van der Waals surface area contributed by atoms with Crippen molar-refractivity contribution in [3.05, 3.63) is 18.2 Å². The highest BCUT2D eigenvalue weighted by atomic mass is 32.2. The molecule has 1 aromatic carbocycles. The first-order chi connectivity index (χ1) is 8.21. The summed E-state index contributed by atoms with van der Waals surface area (Å²) in [5.41, 5.74) is 7.97. The Morgan fingerprint density at radius 3 is 3.06 bits per heavy atom. The average Bonchev–Trinajstić information content (AvgIpc) is 3.00. The van der Waals surface area contributed by atoms with Gasteiger partial charge in [0.05, 0.1) is 0 Å². The van der Waals surface area contributed by atoms with E-state index in [2.05, 4.69) is 16.6 Å². The summed E-state index contributed by atoms with van der Waals surface area (Å²) in [4.78, 5) is 4.38. The SMILES string of the molecule is CSC1(CNc2nc3ccc(N)cc3o2)CC1. The van der Waals surface area contributed by atoms with E-state index < -0.39 is 0 Å². The number of fused-ring (bicyclic) bond motifs is 1. The van der Waals surface area contributed by atoms with Crippen LogP contribution in [0.3, 0.4) is 0 Å². The molecular formula is C12H15N3OS. The summed E-state index contributed by atoms with van der Waals surface area (Å²) in [5.74, 6) is 0. The van der Waals surface area contributed by atoms with E-state index in [1.165, 1.54) is 12.8 Å². The van der Waals surface area contributed by atoms with Crippen molar-refractivity contribution in [3.8, 4) is 0 Å². The summed E-state index contributed by atoms with van der Waals surface area (Å²) < 4.78 is 6.01. The smallest absolute Gasteiger partial charge is 0.295 e. The monoisotopic (exact) mass is 249 g/mol. The van der Waals surface area contributed by atoms with Gasteiger partial charge in [-0.05, 0) is 31.2 Å². The van der Waals surface area contributed by atoms with Crippen LogP contribution >= 0.6 is 11.8 Å². The summed E-state index contributed by atoms with van der Waals surface area (Å²) in [6.07, 6.45) is 4.70. The van der Waals surface area contributed by atoms with Gasteiger partial charge in [0, 0.05) is 23.0 Å². The van der Waals surface area contributed by atoms with E-state index in [9.17, 15) is 0 Å². The predicted molar refractivity (Wildman–Crippen MR) is 72.4 cm³/mol. The Kier molecular flexibility index (Phi) is 2.43. The van der Waals surface area contributed by atoms with Crippen molar-refractivity contribution in [2.24, 2.45) is 0 Å². The zero-order chi connectivity index (χ0) is 11.9. The van der Waals surface area contributed by atoms with Gasteiger partial charge in [0.15, 0.2) is 5.58 Å². The molecule has 1 fully saturated rings. The Balaban J connectivity index is 1.77. The molecule has 0 radical (unpaired) electrons. The molecule has 0 amide bonds. The standard InChI is InChI=1S/C12H15N3OS/c1-17-12(4-5-12)7-14-11-15-9-3-2-8(13)6-10(9)16-11/h2-3,6H,4-5,7,13H2,1H3,(H,14,15). The maximum absolute atomic E-state index is 5.70. The van der Waals surface area contributed by atoms with Crippen molar-refractivity contribution in [2.45, 2.75) is 17.6 Å². The lowest BCUT2D eigenvalue weighted by molar-refractivity contribution is 0.613. The maximum atomic E-state index is 5.70. The first kappa shape index (κ1) is 10.8. The van der Waals surface area contributed by atoms with Crippen molar-refractivity contribution in [2.75, 3.05) is 23.9 Å². The number of anilines is 2. The largest absolute Gasteiger partial charge is 0.423 e. The number of benzene rings is 1. The van der Waals surface area contributed by atoms with Crippen LogP contribution in [0.25, 0.3) is 11.1 Å². The van der Waals surface area contributed by atoms with Gasteiger partial charge in [0.25, 0.3) is 6.01 Å². The molecular weight excluding hydrogens is 234 g/mol. The lowest BCUT2D eigenvalue weighted by Crippen LogP contribution is -2.17. The van der Waals surface area contributed by atoms with E-state index >= 15 is 0 Å². The lowest BCUT2D eigenvalue weighted by atomic mass is 10.3. The van der Waals surface area contributed by atoms with Gasteiger partial charge in [-0.2, -0.15) is 16.7 Å². The molecule has 1 aliphatic rings. The summed E-state index contributed by atoms with van der Waals surface area (Å²) in [5, 5.41) is 3.27. The van der Waals surface area contributed by atoms with Crippen molar-refractivity contribution in [3.63, 3.8) is 0 Å². The van der Waals surface area contributed by atoms with Gasteiger partial charge in [-0.1, -0.05) is 0 Å². The van der Waals surface area contributed by atoms with Gasteiger partial charge in [-0.3, -0.25) is 0 Å². The van der Waals surface area contributed by atoms with E-state index in [1.54, 1.807) is 6.07 Å². The highest BCUT2D eigenvalue weighted by Crippen LogP contribution is 2.47. The van der Waals surface area contributed by atoms with Crippen molar-refractivity contribution in [1.29, 1.82) is 0 Å². The number of nitrogens with zero attached hydrogens (tertiary/aromatic N) is 1. The highest BCUT2D eigenvalue weighted by Gasteiger charge is 2.41. The van der Waals surface area contributed by atoms with Crippen LogP contribution in [0.4, 0.5) is 11.7 Å². The quantitative estimate of drug-likeness (QED) is 0.816.